The lowest BCUT2D eigenvalue weighted by molar-refractivity contribution is -0.138. The van der Waals surface area contributed by atoms with Crippen LogP contribution in [0.15, 0.2) is 0 Å². The number of rotatable bonds is 8. The summed E-state index contributed by atoms with van der Waals surface area (Å²) in [6.07, 6.45) is 4.33. The normalized spacial score (nSPS) is 18.2. The van der Waals surface area contributed by atoms with Crippen LogP contribution in [0.4, 0.5) is 0 Å². The van der Waals surface area contributed by atoms with Crippen LogP contribution in [-0.2, 0) is 14.4 Å². The quantitative estimate of drug-likeness (QED) is 0.393. The molecule has 0 radical (unpaired) electrons. The lowest BCUT2D eigenvalue weighted by atomic mass is 10.2. The summed E-state index contributed by atoms with van der Waals surface area (Å²) in [5.74, 6) is -0.0809. The van der Waals surface area contributed by atoms with E-state index in [2.05, 4.69) is 0 Å². The van der Waals surface area contributed by atoms with Crippen LogP contribution in [0, 0.1) is 0 Å². The van der Waals surface area contributed by atoms with Gasteiger partial charge in [0.2, 0.25) is 11.8 Å². The maximum absolute atomic E-state index is 12.0. The van der Waals surface area contributed by atoms with Gasteiger partial charge in [-0.2, -0.15) is 0 Å². The molecule has 0 saturated carbocycles. The first-order valence-electron chi connectivity index (χ1n) is 7.49. The molecule has 4 nitrogen and oxygen atoms in total. The fourth-order valence-corrected chi connectivity index (χ4v) is 3.14. The summed E-state index contributed by atoms with van der Waals surface area (Å²) in [5, 5.41) is 0.173. The van der Waals surface area contributed by atoms with Crippen LogP contribution in [0.1, 0.15) is 59.8 Å². The van der Waals surface area contributed by atoms with E-state index in [1.54, 1.807) is 11.8 Å². The predicted octanol–water partition coefficient (Wildman–Crippen LogP) is 3.04. The van der Waals surface area contributed by atoms with Gasteiger partial charge in [0, 0.05) is 19.4 Å². The van der Waals surface area contributed by atoms with E-state index in [0.29, 0.717) is 24.6 Å². The van der Waals surface area contributed by atoms with Gasteiger partial charge in [0.1, 0.15) is 6.29 Å². The largest absolute Gasteiger partial charge is 0.303 e. The number of thioether (sulfide) groups is 1. The van der Waals surface area contributed by atoms with Crippen molar-refractivity contribution in [1.29, 1.82) is 0 Å². The highest BCUT2D eigenvalue weighted by molar-refractivity contribution is 8.01. The first-order valence-corrected chi connectivity index (χ1v) is 8.44. The Balaban J connectivity index is 0.00000172. The zero-order chi connectivity index (χ0) is 15.5. The van der Waals surface area contributed by atoms with Gasteiger partial charge in [-0.25, -0.2) is 0 Å². The highest BCUT2D eigenvalue weighted by Gasteiger charge is 2.38. The van der Waals surface area contributed by atoms with Crippen LogP contribution < -0.4 is 0 Å². The highest BCUT2D eigenvalue weighted by atomic mass is 32.2. The van der Waals surface area contributed by atoms with Crippen molar-refractivity contribution in [3.05, 3.63) is 0 Å². The number of hydrogen-bond donors (Lipinski definition) is 0. The van der Waals surface area contributed by atoms with Crippen molar-refractivity contribution in [2.45, 2.75) is 70.3 Å². The maximum Gasteiger partial charge on any atom is 0.242 e. The molecular formula is C15H27NO3S. The lowest BCUT2D eigenvalue weighted by Gasteiger charge is -2.15. The summed E-state index contributed by atoms with van der Waals surface area (Å²) >= 11 is 1.57. The molecule has 0 aliphatic carbocycles. The Morgan fingerprint density at radius 1 is 1.25 bits per heavy atom. The Bertz CT molecular complexity index is 318. The van der Waals surface area contributed by atoms with Gasteiger partial charge in [0.15, 0.2) is 0 Å². The number of carbonyl (C=O) groups is 3. The molecule has 2 amide bonds. The molecule has 0 bridgehead atoms. The van der Waals surface area contributed by atoms with Crippen LogP contribution in [0.5, 0.6) is 0 Å². The van der Waals surface area contributed by atoms with Crippen molar-refractivity contribution in [2.24, 2.45) is 0 Å². The van der Waals surface area contributed by atoms with Gasteiger partial charge in [0.05, 0.1) is 5.25 Å². The molecule has 0 spiro atoms. The Morgan fingerprint density at radius 3 is 2.45 bits per heavy atom. The van der Waals surface area contributed by atoms with Gasteiger partial charge in [-0.3, -0.25) is 14.5 Å². The Hall–Kier alpha value is -0.840. The van der Waals surface area contributed by atoms with E-state index in [-0.39, 0.29) is 17.1 Å². The molecule has 116 valence electrons. The van der Waals surface area contributed by atoms with Gasteiger partial charge in [0.25, 0.3) is 0 Å². The topological polar surface area (TPSA) is 54.5 Å². The fraction of sp³-hybridized carbons (Fsp3) is 0.800. The summed E-state index contributed by atoms with van der Waals surface area (Å²) in [6.45, 7) is 8.57. The molecule has 1 fully saturated rings. The molecule has 0 N–H and O–H groups in total. The van der Waals surface area contributed by atoms with Crippen LogP contribution in [0.25, 0.3) is 0 Å². The van der Waals surface area contributed by atoms with Gasteiger partial charge in [-0.15, -0.1) is 11.8 Å². The second kappa shape index (κ2) is 10.9. The second-order valence-electron chi connectivity index (χ2n) is 4.78. The third-order valence-electron chi connectivity index (χ3n) is 2.84. The average molecular weight is 301 g/mol. The second-order valence-corrected chi connectivity index (χ2v) is 6.56. The van der Waals surface area contributed by atoms with Gasteiger partial charge in [-0.1, -0.05) is 34.1 Å². The number of nitrogens with zero attached hydrogens (tertiary/aromatic N) is 1. The summed E-state index contributed by atoms with van der Waals surface area (Å²) in [7, 11) is 0. The fourth-order valence-electron chi connectivity index (χ4n) is 2.00. The van der Waals surface area contributed by atoms with Gasteiger partial charge >= 0.3 is 0 Å². The van der Waals surface area contributed by atoms with E-state index in [0.717, 1.165) is 25.5 Å². The number of carbonyl (C=O) groups excluding carboxylic acids is 3. The molecule has 1 unspecified atom stereocenters. The average Bonchev–Trinajstić information content (AvgIpc) is 2.67. The summed E-state index contributed by atoms with van der Waals surface area (Å²) in [4.78, 5) is 35.3. The molecular weight excluding hydrogens is 274 g/mol. The van der Waals surface area contributed by atoms with Crippen LogP contribution in [0.3, 0.4) is 0 Å². The first kappa shape index (κ1) is 19.2. The van der Waals surface area contributed by atoms with Gasteiger partial charge < -0.3 is 4.79 Å². The minimum atomic E-state index is -0.188. The third kappa shape index (κ3) is 6.55. The number of likely N-dealkylation sites (tertiary alicyclic amines) is 1. The summed E-state index contributed by atoms with van der Waals surface area (Å²) in [6, 6.07) is 0. The number of unbranched alkanes of at least 4 members (excludes halogenated alkanes) is 3. The number of aldehydes is 1. The van der Waals surface area contributed by atoms with E-state index in [1.165, 1.54) is 4.90 Å². The lowest BCUT2D eigenvalue weighted by Crippen LogP contribution is -2.32. The van der Waals surface area contributed by atoms with E-state index in [4.69, 9.17) is 0 Å². The Labute approximate surface area is 126 Å². The minimum absolute atomic E-state index is 0.0333. The van der Waals surface area contributed by atoms with Crippen LogP contribution in [-0.4, -0.2) is 40.0 Å². The zero-order valence-electron chi connectivity index (χ0n) is 13.1. The molecule has 0 aromatic heterocycles. The van der Waals surface area contributed by atoms with E-state index >= 15 is 0 Å². The molecule has 0 aromatic rings. The molecule has 20 heavy (non-hydrogen) atoms. The van der Waals surface area contributed by atoms with Crippen molar-refractivity contribution < 1.29 is 14.4 Å². The van der Waals surface area contributed by atoms with Crippen LogP contribution in [0.2, 0.25) is 0 Å². The standard InChI is InChI=1S/C13H21NO3S.C2H6/c1-10(2)18-11-9-12(16)14(13(11)17)7-5-3-4-6-8-15;1-2/h8,10-11H,3-7,9H2,1-2H3;1-2H3. The summed E-state index contributed by atoms with van der Waals surface area (Å²) < 4.78 is 0. The smallest absolute Gasteiger partial charge is 0.242 e. The minimum Gasteiger partial charge on any atom is -0.303 e. The number of hydrogen-bond acceptors (Lipinski definition) is 4. The molecule has 1 aliphatic heterocycles. The molecule has 0 aromatic carbocycles. The van der Waals surface area contributed by atoms with Crippen molar-refractivity contribution in [1.82, 2.24) is 4.90 Å². The van der Waals surface area contributed by atoms with E-state index in [9.17, 15) is 14.4 Å². The monoisotopic (exact) mass is 301 g/mol. The Morgan fingerprint density at radius 2 is 1.90 bits per heavy atom. The van der Waals surface area contributed by atoms with Gasteiger partial charge in [-0.05, 0) is 18.1 Å². The molecule has 1 rings (SSSR count). The molecule has 1 atom stereocenters. The molecule has 1 saturated heterocycles. The van der Waals surface area contributed by atoms with Crippen molar-refractivity contribution in [3.8, 4) is 0 Å². The first-order chi connectivity index (χ1) is 9.56. The van der Waals surface area contributed by atoms with Crippen molar-refractivity contribution >= 4 is 29.9 Å². The molecule has 5 heteroatoms. The molecule has 1 heterocycles. The molecule has 1 aliphatic rings. The SMILES string of the molecule is CC.CC(C)SC1CC(=O)N(CCCCCC=O)C1=O. The van der Waals surface area contributed by atoms with Crippen LogP contribution >= 0.6 is 11.8 Å². The van der Waals surface area contributed by atoms with Crippen molar-refractivity contribution in [3.63, 3.8) is 0 Å². The van der Waals surface area contributed by atoms with E-state index < -0.39 is 0 Å². The van der Waals surface area contributed by atoms with E-state index in [1.807, 2.05) is 27.7 Å². The maximum atomic E-state index is 12.0. The van der Waals surface area contributed by atoms with Crippen molar-refractivity contribution in [2.75, 3.05) is 6.54 Å². The predicted molar refractivity (Wildman–Crippen MR) is 83.7 cm³/mol. The number of amides is 2. The Kier molecular flexibility index (Phi) is 10.4. The third-order valence-corrected chi connectivity index (χ3v) is 4.08. The number of imide groups is 1. The zero-order valence-corrected chi connectivity index (χ0v) is 13.9. The summed E-state index contributed by atoms with van der Waals surface area (Å²) in [5.41, 5.74) is 0. The highest BCUT2D eigenvalue weighted by Crippen LogP contribution is 2.28.